The zero-order valence-electron chi connectivity index (χ0n) is 12.7. The Hall–Kier alpha value is -2.09. The number of aliphatic carboxylic acids is 1. The van der Waals surface area contributed by atoms with Gasteiger partial charge in [0, 0.05) is 23.9 Å². The molecule has 3 heterocycles. The van der Waals surface area contributed by atoms with E-state index >= 15 is 0 Å². The number of carboxylic acid groups (broad SMARTS) is 1. The van der Waals surface area contributed by atoms with Gasteiger partial charge < -0.3 is 36.7 Å². The van der Waals surface area contributed by atoms with Gasteiger partial charge in [0.25, 0.3) is 0 Å². The van der Waals surface area contributed by atoms with Crippen molar-refractivity contribution in [1.82, 2.24) is 5.32 Å². The van der Waals surface area contributed by atoms with Crippen molar-refractivity contribution in [2.24, 2.45) is 11.5 Å². The smallest absolute Gasteiger partial charge is 0.320 e. The Morgan fingerprint density at radius 3 is 2.29 bits per heavy atom. The average Bonchev–Trinajstić information content (AvgIpc) is 3.00. The second-order valence-electron chi connectivity index (χ2n) is 6.02. The fourth-order valence-corrected chi connectivity index (χ4v) is 6.15. The molecule has 130 valence electrons. The van der Waals surface area contributed by atoms with Crippen LogP contribution in [-0.4, -0.2) is 45.8 Å². The predicted molar refractivity (Wildman–Crippen MR) is 84.4 cm³/mol. The molecule has 3 aliphatic heterocycles. The van der Waals surface area contributed by atoms with Gasteiger partial charge in [0.2, 0.25) is 5.91 Å². The van der Waals surface area contributed by atoms with Crippen LogP contribution in [0.15, 0.2) is 33.0 Å². The normalized spacial score (nSPS) is 26.1. The predicted octanol–water partition coefficient (Wildman–Crippen LogP) is 0.209. The minimum absolute atomic E-state index is 0.0198. The molecule has 1 unspecified atom stereocenters. The van der Waals surface area contributed by atoms with Gasteiger partial charge in [-0.05, 0) is 12.8 Å². The molecule has 0 spiro atoms. The molecular formula is C14H18N3O6P. The molecule has 0 radical (unpaired) electrons. The highest BCUT2D eigenvalue weighted by Crippen LogP contribution is 2.96. The fraction of sp³-hybridized carbons (Fsp3) is 0.429. The van der Waals surface area contributed by atoms with Gasteiger partial charge in [-0.25, -0.2) is 0 Å². The minimum atomic E-state index is -2.79. The van der Waals surface area contributed by atoms with Crippen molar-refractivity contribution < 1.29 is 29.5 Å². The third-order valence-corrected chi connectivity index (χ3v) is 7.45. The summed E-state index contributed by atoms with van der Waals surface area (Å²) >= 11 is 0. The third-order valence-electron chi connectivity index (χ3n) is 4.43. The van der Waals surface area contributed by atoms with Crippen molar-refractivity contribution in [3.63, 3.8) is 0 Å². The number of rotatable bonds is 8. The van der Waals surface area contributed by atoms with Crippen LogP contribution in [0, 0.1) is 0 Å². The maximum atomic E-state index is 12.3. The van der Waals surface area contributed by atoms with E-state index in [4.69, 9.17) is 16.6 Å². The summed E-state index contributed by atoms with van der Waals surface area (Å²) < 4.78 is 12.3. The zero-order valence-corrected chi connectivity index (χ0v) is 13.5. The lowest BCUT2D eigenvalue weighted by Gasteiger charge is -2.16. The lowest BCUT2D eigenvalue weighted by molar-refractivity contribution is -0.138. The molecule has 10 heteroatoms. The Morgan fingerprint density at radius 1 is 1.08 bits per heavy atom. The maximum Gasteiger partial charge on any atom is 0.320 e. The second kappa shape index (κ2) is 5.47. The first-order valence-electron chi connectivity index (χ1n) is 7.45. The second-order valence-corrected chi connectivity index (χ2v) is 8.58. The molecule has 0 aromatic rings. The number of nitrogens with one attached hydrogen (secondary N) is 1. The Labute approximate surface area is 137 Å². The van der Waals surface area contributed by atoms with E-state index in [1.54, 1.807) is 0 Å². The molecule has 8 N–H and O–H groups in total. The first-order valence-corrected chi connectivity index (χ1v) is 9.16. The number of aliphatic hydroxyl groups is 2. The maximum absolute atomic E-state index is 12.3. The Morgan fingerprint density at radius 2 is 1.75 bits per heavy atom. The topological polar surface area (TPSA) is 176 Å². The minimum Gasteiger partial charge on any atom is -0.507 e. The van der Waals surface area contributed by atoms with Crippen LogP contribution in [0.25, 0.3) is 0 Å². The van der Waals surface area contributed by atoms with E-state index in [0.717, 1.165) is 0 Å². The third kappa shape index (κ3) is 2.20. The summed E-state index contributed by atoms with van der Waals surface area (Å²) in [6, 6.07) is -1.92. The molecule has 0 aromatic heterocycles. The van der Waals surface area contributed by atoms with E-state index in [2.05, 4.69) is 5.32 Å². The number of hydrogen-bond acceptors (Lipinski definition) is 7. The Bertz CT molecular complexity index is 796. The molecule has 9 nitrogen and oxygen atoms in total. The molecule has 0 saturated carbocycles. The number of allylic oxidation sites excluding steroid dienone is 3. The van der Waals surface area contributed by atoms with Crippen LogP contribution in [0.3, 0.4) is 0 Å². The van der Waals surface area contributed by atoms with Gasteiger partial charge in [0.05, 0.1) is 11.4 Å². The van der Waals surface area contributed by atoms with Gasteiger partial charge in [-0.3, -0.25) is 9.59 Å². The quantitative estimate of drug-likeness (QED) is 0.264. The molecular weight excluding hydrogens is 337 g/mol. The molecule has 0 bridgehead atoms. The number of aliphatic hydroxyl groups excluding tert-OH is 2. The van der Waals surface area contributed by atoms with Crippen LogP contribution >= 0.6 is 7.14 Å². The molecule has 1 amide bonds. The summed E-state index contributed by atoms with van der Waals surface area (Å²) in [7, 11) is -2.79. The van der Waals surface area contributed by atoms with Crippen molar-refractivity contribution in [2.75, 3.05) is 6.54 Å². The molecule has 3 aliphatic rings. The number of hydrogen-bond donors (Lipinski definition) is 6. The van der Waals surface area contributed by atoms with Crippen molar-refractivity contribution in [3.05, 3.63) is 33.0 Å². The summed E-state index contributed by atoms with van der Waals surface area (Å²) in [5, 5.41) is 31.7. The average molecular weight is 355 g/mol. The van der Waals surface area contributed by atoms with Crippen molar-refractivity contribution in [2.45, 2.75) is 31.3 Å². The lowest BCUT2D eigenvalue weighted by Crippen LogP contribution is -2.41. The van der Waals surface area contributed by atoms with Crippen molar-refractivity contribution >= 4 is 19.0 Å². The molecule has 0 saturated heterocycles. The molecule has 0 aliphatic carbocycles. The lowest BCUT2D eigenvalue weighted by atomic mass is 10.0. The molecule has 0 fully saturated rings. The van der Waals surface area contributed by atoms with Gasteiger partial charge in [-0.1, -0.05) is 0 Å². The van der Waals surface area contributed by atoms with Crippen LogP contribution in [-0.2, 0) is 14.2 Å². The highest BCUT2D eigenvalue weighted by Gasteiger charge is 2.70. The van der Waals surface area contributed by atoms with Gasteiger partial charge in [-0.15, -0.1) is 0 Å². The van der Waals surface area contributed by atoms with Gasteiger partial charge in [0.1, 0.15) is 22.9 Å². The Kier molecular flexibility index (Phi) is 3.82. The molecule has 3 rings (SSSR count). The van der Waals surface area contributed by atoms with E-state index in [1.807, 2.05) is 0 Å². The summed E-state index contributed by atoms with van der Waals surface area (Å²) in [6.45, 7) is 0.233. The first-order chi connectivity index (χ1) is 11.2. The molecule has 3 atom stereocenters. The van der Waals surface area contributed by atoms with Crippen LogP contribution in [0.5, 0.6) is 0 Å². The van der Waals surface area contributed by atoms with E-state index in [9.17, 15) is 24.4 Å². The van der Waals surface area contributed by atoms with E-state index in [1.165, 1.54) is 0 Å². The van der Waals surface area contributed by atoms with Gasteiger partial charge in [0.15, 0.2) is 7.14 Å². The van der Waals surface area contributed by atoms with E-state index in [-0.39, 0.29) is 36.2 Å². The van der Waals surface area contributed by atoms with Crippen LogP contribution in [0.4, 0.5) is 0 Å². The largest absolute Gasteiger partial charge is 0.507 e. The summed E-state index contributed by atoms with van der Waals surface area (Å²) in [4.78, 5) is 22.5. The summed E-state index contributed by atoms with van der Waals surface area (Å²) in [6.07, 6.45) is 0.640. The monoisotopic (exact) mass is 355 g/mol. The standard InChI is InChI=1S/C14H18N3O6P/c15-6(14(21)22)2-1-3-17-13(20)7(16)4-5-8(18)11-9(19)12-10(5)24(11,12)23/h6-7,18-19H,1-4,15-16H2,(H,17,20)(H,21,22)/t6-,7-,24?/m0/s1. The first kappa shape index (κ1) is 16.8. The van der Waals surface area contributed by atoms with Crippen LogP contribution in [0.1, 0.15) is 19.3 Å². The zero-order chi connectivity index (χ0) is 17.8. The number of amides is 1. The molecule has 24 heavy (non-hydrogen) atoms. The SMILES string of the molecule is N[C@@H](CCCNC(=O)[C@@H](N)CC1=C(O)C2=C(O)C3=C1P23=O)C(=O)O. The number of carboxylic acids is 1. The summed E-state index contributed by atoms with van der Waals surface area (Å²) in [5.74, 6) is -1.89. The van der Waals surface area contributed by atoms with Crippen molar-refractivity contribution in [3.8, 4) is 0 Å². The number of carbonyl (C=O) groups excluding carboxylic acids is 1. The van der Waals surface area contributed by atoms with E-state index in [0.29, 0.717) is 22.6 Å². The molecule has 0 aromatic carbocycles. The van der Waals surface area contributed by atoms with Crippen molar-refractivity contribution in [1.29, 1.82) is 0 Å². The van der Waals surface area contributed by atoms with Gasteiger partial charge in [-0.2, -0.15) is 0 Å². The van der Waals surface area contributed by atoms with E-state index < -0.39 is 31.1 Å². The van der Waals surface area contributed by atoms with Crippen LogP contribution < -0.4 is 16.8 Å². The highest BCUT2D eigenvalue weighted by molar-refractivity contribution is 7.86. The number of nitrogens with two attached hydrogens (primary N) is 2. The fourth-order valence-electron chi connectivity index (χ4n) is 3.07. The summed E-state index contributed by atoms with van der Waals surface area (Å²) in [5.41, 5.74) is 11.5. The number of carbonyl (C=O) groups is 2. The Balaban J connectivity index is 1.49. The van der Waals surface area contributed by atoms with Gasteiger partial charge >= 0.3 is 5.97 Å². The highest BCUT2D eigenvalue weighted by atomic mass is 31.2. The van der Waals surface area contributed by atoms with Crippen LogP contribution in [0.2, 0.25) is 0 Å².